The van der Waals surface area contributed by atoms with Crippen molar-refractivity contribution in [2.24, 2.45) is 5.92 Å². The van der Waals surface area contributed by atoms with E-state index in [2.05, 4.69) is 16.3 Å². The van der Waals surface area contributed by atoms with Crippen molar-refractivity contribution in [3.63, 3.8) is 0 Å². The Morgan fingerprint density at radius 1 is 1.16 bits per heavy atom. The zero-order chi connectivity index (χ0) is 12.9. The molecule has 3 aliphatic rings. The summed E-state index contributed by atoms with van der Waals surface area (Å²) < 4.78 is 0. The van der Waals surface area contributed by atoms with E-state index >= 15 is 0 Å². The highest BCUT2D eigenvalue weighted by Gasteiger charge is 2.27. The van der Waals surface area contributed by atoms with E-state index in [0.29, 0.717) is 0 Å². The van der Waals surface area contributed by atoms with Crippen LogP contribution in [0.2, 0.25) is 0 Å². The third-order valence-corrected chi connectivity index (χ3v) is 5.39. The van der Waals surface area contributed by atoms with E-state index in [1.54, 1.807) is 5.57 Å². The van der Waals surface area contributed by atoms with Crippen LogP contribution in [0.25, 0.3) is 0 Å². The second-order valence-electron chi connectivity index (χ2n) is 6.76. The van der Waals surface area contributed by atoms with Crippen molar-refractivity contribution in [1.82, 2.24) is 10.2 Å². The molecular formula is C17H30N2. The van der Waals surface area contributed by atoms with E-state index in [0.717, 1.165) is 12.0 Å². The first-order chi connectivity index (χ1) is 9.42. The Kier molecular flexibility index (Phi) is 4.95. The Morgan fingerprint density at radius 2 is 2.05 bits per heavy atom. The Bertz CT molecular complexity index is 304. The summed E-state index contributed by atoms with van der Waals surface area (Å²) in [6.07, 6.45) is 15.3. The number of nitrogens with one attached hydrogen (secondary N) is 1. The van der Waals surface area contributed by atoms with Gasteiger partial charge in [0, 0.05) is 32.2 Å². The molecule has 1 atom stereocenters. The number of rotatable bonds is 4. The normalized spacial score (nSPS) is 30.5. The minimum absolute atomic E-state index is 0.784. The SMILES string of the molecule is C1=C(CCN2CCNC(C3CCCCC3)C2)CCC1. The molecule has 3 rings (SSSR count). The van der Waals surface area contributed by atoms with Gasteiger partial charge in [-0.3, -0.25) is 0 Å². The smallest absolute Gasteiger partial charge is 0.0223 e. The molecule has 0 aromatic carbocycles. The van der Waals surface area contributed by atoms with Crippen LogP contribution in [0.3, 0.4) is 0 Å². The number of piperazine rings is 1. The maximum Gasteiger partial charge on any atom is 0.0223 e. The first kappa shape index (κ1) is 13.6. The van der Waals surface area contributed by atoms with Crippen LogP contribution in [-0.4, -0.2) is 37.1 Å². The van der Waals surface area contributed by atoms with Crippen LogP contribution in [0.15, 0.2) is 11.6 Å². The van der Waals surface area contributed by atoms with E-state index in [9.17, 15) is 0 Å². The van der Waals surface area contributed by atoms with Gasteiger partial charge in [0.15, 0.2) is 0 Å². The molecule has 2 heteroatoms. The van der Waals surface area contributed by atoms with Crippen molar-refractivity contribution in [2.45, 2.75) is 63.8 Å². The Hall–Kier alpha value is -0.340. The van der Waals surface area contributed by atoms with Crippen LogP contribution in [0.1, 0.15) is 57.8 Å². The highest BCUT2D eigenvalue weighted by molar-refractivity contribution is 5.07. The summed E-state index contributed by atoms with van der Waals surface area (Å²) >= 11 is 0. The number of hydrogen-bond acceptors (Lipinski definition) is 2. The molecule has 0 radical (unpaired) electrons. The number of hydrogen-bond donors (Lipinski definition) is 1. The van der Waals surface area contributed by atoms with Gasteiger partial charge in [0.05, 0.1) is 0 Å². The van der Waals surface area contributed by atoms with Crippen LogP contribution in [0.5, 0.6) is 0 Å². The maximum atomic E-state index is 3.79. The lowest BCUT2D eigenvalue weighted by atomic mass is 9.83. The Balaban J connectivity index is 1.44. The molecule has 2 nitrogen and oxygen atoms in total. The van der Waals surface area contributed by atoms with E-state index in [1.165, 1.54) is 84.0 Å². The monoisotopic (exact) mass is 262 g/mol. The minimum Gasteiger partial charge on any atom is -0.311 e. The van der Waals surface area contributed by atoms with Gasteiger partial charge >= 0.3 is 0 Å². The van der Waals surface area contributed by atoms with Gasteiger partial charge in [0.25, 0.3) is 0 Å². The lowest BCUT2D eigenvalue weighted by molar-refractivity contribution is 0.147. The van der Waals surface area contributed by atoms with E-state index < -0.39 is 0 Å². The molecule has 1 aliphatic heterocycles. The van der Waals surface area contributed by atoms with Gasteiger partial charge in [-0.25, -0.2) is 0 Å². The molecule has 1 unspecified atom stereocenters. The fraction of sp³-hybridized carbons (Fsp3) is 0.882. The van der Waals surface area contributed by atoms with Crippen molar-refractivity contribution < 1.29 is 0 Å². The molecule has 0 aromatic heterocycles. The highest BCUT2D eigenvalue weighted by Crippen LogP contribution is 2.28. The van der Waals surface area contributed by atoms with Crippen molar-refractivity contribution in [2.75, 3.05) is 26.2 Å². The summed E-state index contributed by atoms with van der Waals surface area (Å²) in [6, 6.07) is 0.784. The summed E-state index contributed by atoms with van der Waals surface area (Å²) in [5.41, 5.74) is 1.73. The Morgan fingerprint density at radius 3 is 2.84 bits per heavy atom. The quantitative estimate of drug-likeness (QED) is 0.782. The standard InChI is InChI=1S/C17H30N2/c1-2-8-16(9-3-1)17-14-19(13-11-18-17)12-10-15-6-4-5-7-15/h6,16-18H,1-5,7-14H2. The molecular weight excluding hydrogens is 232 g/mol. The van der Waals surface area contributed by atoms with E-state index in [1.807, 2.05) is 0 Å². The second-order valence-corrected chi connectivity index (χ2v) is 6.76. The van der Waals surface area contributed by atoms with Crippen molar-refractivity contribution in [3.05, 3.63) is 11.6 Å². The predicted molar refractivity (Wildman–Crippen MR) is 81.4 cm³/mol. The lowest BCUT2D eigenvalue weighted by Crippen LogP contribution is -2.54. The van der Waals surface area contributed by atoms with Gasteiger partial charge in [-0.2, -0.15) is 0 Å². The first-order valence-electron chi connectivity index (χ1n) is 8.55. The third kappa shape index (κ3) is 3.82. The van der Waals surface area contributed by atoms with Crippen LogP contribution < -0.4 is 5.32 Å². The first-order valence-corrected chi connectivity index (χ1v) is 8.55. The number of allylic oxidation sites excluding steroid dienone is 1. The molecule has 108 valence electrons. The van der Waals surface area contributed by atoms with Crippen molar-refractivity contribution in [3.8, 4) is 0 Å². The van der Waals surface area contributed by atoms with Gasteiger partial charge in [-0.15, -0.1) is 0 Å². The largest absolute Gasteiger partial charge is 0.311 e. The molecule has 0 spiro atoms. The molecule has 2 aliphatic carbocycles. The van der Waals surface area contributed by atoms with Crippen molar-refractivity contribution >= 4 is 0 Å². The van der Waals surface area contributed by atoms with E-state index in [4.69, 9.17) is 0 Å². The molecule has 0 amide bonds. The van der Waals surface area contributed by atoms with Gasteiger partial charge < -0.3 is 10.2 Å². The molecule has 1 N–H and O–H groups in total. The summed E-state index contributed by atoms with van der Waals surface area (Å²) in [6.45, 7) is 5.07. The molecule has 1 saturated carbocycles. The molecule has 0 bridgehead atoms. The summed E-state index contributed by atoms with van der Waals surface area (Å²) in [4.78, 5) is 2.72. The topological polar surface area (TPSA) is 15.3 Å². The zero-order valence-corrected chi connectivity index (χ0v) is 12.4. The Labute approximate surface area is 118 Å². The maximum absolute atomic E-state index is 3.79. The molecule has 1 saturated heterocycles. The van der Waals surface area contributed by atoms with Crippen LogP contribution >= 0.6 is 0 Å². The van der Waals surface area contributed by atoms with Crippen LogP contribution in [-0.2, 0) is 0 Å². The van der Waals surface area contributed by atoms with Gasteiger partial charge in [-0.05, 0) is 44.4 Å². The molecule has 19 heavy (non-hydrogen) atoms. The fourth-order valence-corrected chi connectivity index (χ4v) is 4.16. The summed E-state index contributed by atoms with van der Waals surface area (Å²) in [5.74, 6) is 0.960. The summed E-state index contributed by atoms with van der Waals surface area (Å²) in [7, 11) is 0. The number of nitrogens with zero attached hydrogens (tertiary/aromatic N) is 1. The average molecular weight is 262 g/mol. The van der Waals surface area contributed by atoms with Crippen molar-refractivity contribution in [1.29, 1.82) is 0 Å². The molecule has 2 fully saturated rings. The molecule has 0 aromatic rings. The lowest BCUT2D eigenvalue weighted by Gasteiger charge is -2.39. The second kappa shape index (κ2) is 6.90. The fourth-order valence-electron chi connectivity index (χ4n) is 4.16. The van der Waals surface area contributed by atoms with Crippen LogP contribution in [0.4, 0.5) is 0 Å². The van der Waals surface area contributed by atoms with E-state index in [-0.39, 0.29) is 0 Å². The average Bonchev–Trinajstić information content (AvgIpc) is 3.00. The van der Waals surface area contributed by atoms with Gasteiger partial charge in [0.1, 0.15) is 0 Å². The highest BCUT2D eigenvalue weighted by atomic mass is 15.2. The predicted octanol–water partition coefficient (Wildman–Crippen LogP) is 3.34. The van der Waals surface area contributed by atoms with Gasteiger partial charge in [0.2, 0.25) is 0 Å². The third-order valence-electron chi connectivity index (χ3n) is 5.39. The van der Waals surface area contributed by atoms with Gasteiger partial charge in [-0.1, -0.05) is 30.9 Å². The zero-order valence-electron chi connectivity index (χ0n) is 12.4. The minimum atomic E-state index is 0.784. The van der Waals surface area contributed by atoms with Crippen LogP contribution in [0, 0.1) is 5.92 Å². The summed E-state index contributed by atoms with van der Waals surface area (Å²) in [5, 5.41) is 3.79. The molecule has 1 heterocycles.